The van der Waals surface area contributed by atoms with E-state index >= 15 is 0 Å². The standard InChI is InChI=1S/C10H12N2O3/c1-6-10(15-7(2)14)9(3-11)8(5-13)4-12-6/h4-5H,3,11H2,1-2H3. The molecule has 0 fully saturated rings. The van der Waals surface area contributed by atoms with E-state index in [0.29, 0.717) is 23.1 Å². The van der Waals surface area contributed by atoms with E-state index in [9.17, 15) is 9.59 Å². The molecular weight excluding hydrogens is 196 g/mol. The molecule has 0 radical (unpaired) electrons. The maximum Gasteiger partial charge on any atom is 0.308 e. The average molecular weight is 208 g/mol. The Morgan fingerprint density at radius 2 is 2.33 bits per heavy atom. The topological polar surface area (TPSA) is 82.3 Å². The molecule has 0 amide bonds. The molecule has 0 saturated carbocycles. The predicted octanol–water partition coefficient (Wildman–Crippen LogP) is 0.587. The molecule has 1 aromatic heterocycles. The Morgan fingerprint density at radius 1 is 1.67 bits per heavy atom. The lowest BCUT2D eigenvalue weighted by molar-refractivity contribution is -0.132. The lowest BCUT2D eigenvalue weighted by atomic mass is 10.1. The van der Waals surface area contributed by atoms with Gasteiger partial charge in [-0.1, -0.05) is 0 Å². The largest absolute Gasteiger partial charge is 0.424 e. The van der Waals surface area contributed by atoms with Crippen LogP contribution in [0.2, 0.25) is 0 Å². The van der Waals surface area contributed by atoms with Gasteiger partial charge in [0.2, 0.25) is 0 Å². The van der Waals surface area contributed by atoms with Crippen molar-refractivity contribution in [2.45, 2.75) is 20.4 Å². The summed E-state index contributed by atoms with van der Waals surface area (Å²) in [5.74, 6) is -0.174. The van der Waals surface area contributed by atoms with E-state index in [-0.39, 0.29) is 12.3 Å². The number of esters is 1. The van der Waals surface area contributed by atoms with Crippen molar-refractivity contribution in [2.75, 3.05) is 0 Å². The van der Waals surface area contributed by atoms with Gasteiger partial charge >= 0.3 is 5.97 Å². The fourth-order valence-electron chi connectivity index (χ4n) is 1.24. The third-order valence-electron chi connectivity index (χ3n) is 1.93. The first-order valence-electron chi connectivity index (χ1n) is 4.42. The van der Waals surface area contributed by atoms with Gasteiger partial charge in [0, 0.05) is 30.8 Å². The highest BCUT2D eigenvalue weighted by Gasteiger charge is 2.13. The number of rotatable bonds is 3. The van der Waals surface area contributed by atoms with Crippen LogP contribution in [0, 0.1) is 6.92 Å². The van der Waals surface area contributed by atoms with E-state index in [4.69, 9.17) is 10.5 Å². The van der Waals surface area contributed by atoms with Crippen LogP contribution in [0.25, 0.3) is 0 Å². The highest BCUT2D eigenvalue weighted by molar-refractivity contribution is 5.79. The number of hydrogen-bond donors (Lipinski definition) is 1. The minimum Gasteiger partial charge on any atom is -0.424 e. The molecule has 1 rings (SSSR count). The van der Waals surface area contributed by atoms with Crippen LogP contribution in [-0.2, 0) is 11.3 Å². The number of pyridine rings is 1. The molecule has 0 spiro atoms. The van der Waals surface area contributed by atoms with E-state index in [1.165, 1.54) is 13.1 Å². The maximum absolute atomic E-state index is 10.9. The molecule has 0 aliphatic heterocycles. The van der Waals surface area contributed by atoms with Crippen molar-refractivity contribution in [3.8, 4) is 5.75 Å². The molecule has 1 aromatic rings. The van der Waals surface area contributed by atoms with Gasteiger partial charge in [-0.2, -0.15) is 0 Å². The lowest BCUT2D eigenvalue weighted by Gasteiger charge is -2.11. The number of hydrogen-bond acceptors (Lipinski definition) is 5. The van der Waals surface area contributed by atoms with Crippen molar-refractivity contribution in [1.29, 1.82) is 0 Å². The highest BCUT2D eigenvalue weighted by atomic mass is 16.5. The number of carbonyl (C=O) groups is 2. The van der Waals surface area contributed by atoms with Crippen LogP contribution in [-0.4, -0.2) is 17.2 Å². The summed E-state index contributed by atoms with van der Waals surface area (Å²) in [7, 11) is 0. The Morgan fingerprint density at radius 3 is 2.80 bits per heavy atom. The minimum absolute atomic E-state index is 0.125. The Hall–Kier alpha value is -1.75. The van der Waals surface area contributed by atoms with Crippen LogP contribution in [0.15, 0.2) is 6.20 Å². The van der Waals surface area contributed by atoms with Gasteiger partial charge in [0.25, 0.3) is 0 Å². The van der Waals surface area contributed by atoms with Gasteiger partial charge in [-0.3, -0.25) is 14.6 Å². The zero-order chi connectivity index (χ0) is 11.4. The molecule has 0 saturated heterocycles. The molecule has 0 atom stereocenters. The molecule has 5 heteroatoms. The second-order valence-electron chi connectivity index (χ2n) is 3.02. The number of nitrogens with two attached hydrogens (primary N) is 1. The minimum atomic E-state index is -0.461. The SMILES string of the molecule is CC(=O)Oc1c(C)ncc(C=O)c1CN. The zero-order valence-electron chi connectivity index (χ0n) is 8.61. The van der Waals surface area contributed by atoms with Crippen LogP contribution in [0.4, 0.5) is 0 Å². The third kappa shape index (κ3) is 2.38. The van der Waals surface area contributed by atoms with Gasteiger partial charge in [0.1, 0.15) is 0 Å². The Bertz CT molecular complexity index is 402. The van der Waals surface area contributed by atoms with Crippen molar-refractivity contribution in [3.05, 3.63) is 23.0 Å². The number of carbonyl (C=O) groups excluding carboxylic acids is 2. The monoisotopic (exact) mass is 208 g/mol. The fraction of sp³-hybridized carbons (Fsp3) is 0.300. The highest BCUT2D eigenvalue weighted by Crippen LogP contribution is 2.24. The van der Waals surface area contributed by atoms with Gasteiger partial charge in [-0.25, -0.2) is 0 Å². The molecule has 80 valence electrons. The molecule has 2 N–H and O–H groups in total. The van der Waals surface area contributed by atoms with E-state index in [1.807, 2.05) is 0 Å². The van der Waals surface area contributed by atoms with Crippen molar-refractivity contribution in [2.24, 2.45) is 5.73 Å². The zero-order valence-corrected chi connectivity index (χ0v) is 8.61. The number of aldehydes is 1. The molecule has 0 unspecified atom stereocenters. The van der Waals surface area contributed by atoms with Crippen LogP contribution in [0.1, 0.15) is 28.5 Å². The Labute approximate surface area is 87.3 Å². The quantitative estimate of drug-likeness (QED) is 0.580. The number of aryl methyl sites for hydroxylation is 1. The van der Waals surface area contributed by atoms with Crippen LogP contribution in [0.5, 0.6) is 5.75 Å². The van der Waals surface area contributed by atoms with E-state index in [0.717, 1.165) is 0 Å². The van der Waals surface area contributed by atoms with Crippen LogP contribution >= 0.6 is 0 Å². The van der Waals surface area contributed by atoms with Crippen LogP contribution < -0.4 is 10.5 Å². The number of aromatic nitrogens is 1. The summed E-state index contributed by atoms with van der Waals surface area (Å²) in [6.45, 7) is 3.10. The summed E-state index contributed by atoms with van der Waals surface area (Å²) in [6, 6.07) is 0. The third-order valence-corrected chi connectivity index (χ3v) is 1.93. The number of ether oxygens (including phenoxy) is 1. The Kier molecular flexibility index (Phi) is 3.51. The summed E-state index contributed by atoms with van der Waals surface area (Å²) in [4.78, 5) is 25.5. The molecular formula is C10H12N2O3. The van der Waals surface area contributed by atoms with E-state index < -0.39 is 5.97 Å². The van der Waals surface area contributed by atoms with E-state index in [1.54, 1.807) is 6.92 Å². The van der Waals surface area contributed by atoms with Crippen molar-refractivity contribution in [3.63, 3.8) is 0 Å². The average Bonchev–Trinajstić information content (AvgIpc) is 2.20. The molecule has 0 aromatic carbocycles. The van der Waals surface area contributed by atoms with Gasteiger partial charge < -0.3 is 10.5 Å². The molecule has 5 nitrogen and oxygen atoms in total. The first-order chi connectivity index (χ1) is 7.10. The summed E-state index contributed by atoms with van der Waals surface area (Å²) in [5.41, 5.74) is 6.89. The van der Waals surface area contributed by atoms with Gasteiger partial charge in [0.05, 0.1) is 5.69 Å². The van der Waals surface area contributed by atoms with Crippen molar-refractivity contribution >= 4 is 12.3 Å². The molecule has 0 aliphatic rings. The second kappa shape index (κ2) is 4.65. The fourth-order valence-corrected chi connectivity index (χ4v) is 1.24. The summed E-state index contributed by atoms with van der Waals surface area (Å²) >= 11 is 0. The summed E-state index contributed by atoms with van der Waals surface area (Å²) in [6.07, 6.45) is 2.05. The van der Waals surface area contributed by atoms with Crippen molar-refractivity contribution < 1.29 is 14.3 Å². The van der Waals surface area contributed by atoms with Gasteiger partial charge in [-0.15, -0.1) is 0 Å². The summed E-state index contributed by atoms with van der Waals surface area (Å²) < 4.78 is 4.97. The normalized spacial score (nSPS) is 9.80. The molecule has 0 bridgehead atoms. The maximum atomic E-state index is 10.9. The Balaban J connectivity index is 3.31. The number of nitrogens with zero attached hydrogens (tertiary/aromatic N) is 1. The molecule has 1 heterocycles. The first kappa shape index (κ1) is 11.3. The van der Waals surface area contributed by atoms with Gasteiger partial charge in [0.15, 0.2) is 12.0 Å². The second-order valence-corrected chi connectivity index (χ2v) is 3.02. The van der Waals surface area contributed by atoms with Crippen molar-refractivity contribution in [1.82, 2.24) is 4.98 Å². The van der Waals surface area contributed by atoms with Gasteiger partial charge in [-0.05, 0) is 6.92 Å². The van der Waals surface area contributed by atoms with Crippen LogP contribution in [0.3, 0.4) is 0 Å². The van der Waals surface area contributed by atoms with E-state index in [2.05, 4.69) is 4.98 Å². The first-order valence-corrected chi connectivity index (χ1v) is 4.42. The lowest BCUT2D eigenvalue weighted by Crippen LogP contribution is -2.11. The molecule has 15 heavy (non-hydrogen) atoms. The molecule has 0 aliphatic carbocycles. The smallest absolute Gasteiger partial charge is 0.308 e. The summed E-state index contributed by atoms with van der Waals surface area (Å²) in [5, 5.41) is 0. The predicted molar refractivity (Wildman–Crippen MR) is 53.6 cm³/mol.